The summed E-state index contributed by atoms with van der Waals surface area (Å²) in [5.41, 5.74) is 2.91. The van der Waals surface area contributed by atoms with Gasteiger partial charge in [-0.25, -0.2) is 4.68 Å². The lowest BCUT2D eigenvalue weighted by atomic mass is 9.87. The third-order valence-electron chi connectivity index (χ3n) is 6.00. The number of para-hydroxylation sites is 1. The van der Waals surface area contributed by atoms with Crippen molar-refractivity contribution in [3.8, 4) is 28.3 Å². The second kappa shape index (κ2) is 9.25. The molecule has 0 spiro atoms. The van der Waals surface area contributed by atoms with Crippen LogP contribution in [0.15, 0.2) is 54.7 Å². The fourth-order valence-corrected chi connectivity index (χ4v) is 4.13. The van der Waals surface area contributed by atoms with Gasteiger partial charge in [0.2, 0.25) is 0 Å². The maximum absolute atomic E-state index is 13.3. The van der Waals surface area contributed by atoms with E-state index in [0.29, 0.717) is 17.2 Å². The molecule has 1 saturated carbocycles. The molecule has 0 aliphatic heterocycles. The van der Waals surface area contributed by atoms with Gasteiger partial charge in [0, 0.05) is 17.8 Å². The van der Waals surface area contributed by atoms with Crippen LogP contribution >= 0.6 is 0 Å². The minimum Gasteiger partial charge on any atom is -0.493 e. The van der Waals surface area contributed by atoms with E-state index < -0.39 is 0 Å². The topological polar surface area (TPSA) is 65.4 Å². The Morgan fingerprint density at radius 2 is 1.71 bits per heavy atom. The van der Waals surface area contributed by atoms with Gasteiger partial charge in [-0.1, -0.05) is 31.2 Å². The minimum atomic E-state index is -0.140. The lowest BCUT2D eigenvalue weighted by molar-refractivity contribution is 0.0918. The number of hydrogen-bond acceptors (Lipinski definition) is 4. The molecule has 1 heterocycles. The zero-order chi connectivity index (χ0) is 21.8. The molecule has 0 atom stereocenters. The van der Waals surface area contributed by atoms with E-state index >= 15 is 0 Å². The predicted molar refractivity (Wildman–Crippen MR) is 121 cm³/mol. The van der Waals surface area contributed by atoms with Gasteiger partial charge in [-0.05, 0) is 61.4 Å². The summed E-state index contributed by atoms with van der Waals surface area (Å²) in [6, 6.07) is 15.6. The second-order valence-electron chi connectivity index (χ2n) is 8.17. The van der Waals surface area contributed by atoms with E-state index in [0.717, 1.165) is 48.4 Å². The van der Waals surface area contributed by atoms with Gasteiger partial charge in [0.25, 0.3) is 5.91 Å². The molecule has 1 aliphatic carbocycles. The van der Waals surface area contributed by atoms with Crippen LogP contribution in [0.25, 0.3) is 16.8 Å². The van der Waals surface area contributed by atoms with E-state index in [1.807, 2.05) is 54.7 Å². The molecule has 6 nitrogen and oxygen atoms in total. The normalized spacial score (nSPS) is 18.4. The van der Waals surface area contributed by atoms with E-state index in [-0.39, 0.29) is 11.9 Å². The number of amides is 1. The van der Waals surface area contributed by atoms with Crippen LogP contribution in [0.1, 0.15) is 43.1 Å². The van der Waals surface area contributed by atoms with Gasteiger partial charge in [0.05, 0.1) is 19.9 Å². The summed E-state index contributed by atoms with van der Waals surface area (Å²) in [6.45, 7) is 2.27. The molecular formula is C25H29N3O3. The molecule has 0 saturated heterocycles. The van der Waals surface area contributed by atoms with Crippen LogP contribution in [0.3, 0.4) is 0 Å². The molecule has 0 unspecified atom stereocenters. The number of carbonyl (C=O) groups is 1. The highest BCUT2D eigenvalue weighted by molar-refractivity contribution is 5.99. The number of carbonyl (C=O) groups excluding carboxylic acids is 1. The summed E-state index contributed by atoms with van der Waals surface area (Å²) in [5, 5.41) is 7.88. The van der Waals surface area contributed by atoms with Gasteiger partial charge >= 0.3 is 0 Å². The highest BCUT2D eigenvalue weighted by Gasteiger charge is 2.24. The van der Waals surface area contributed by atoms with E-state index in [1.165, 1.54) is 0 Å². The molecule has 31 heavy (non-hydrogen) atoms. The summed E-state index contributed by atoms with van der Waals surface area (Å²) in [4.78, 5) is 13.3. The highest BCUT2D eigenvalue weighted by atomic mass is 16.5. The first-order valence-corrected chi connectivity index (χ1v) is 10.8. The summed E-state index contributed by atoms with van der Waals surface area (Å²) in [6.07, 6.45) is 6.21. The summed E-state index contributed by atoms with van der Waals surface area (Å²) in [7, 11) is 3.21. The Balaban J connectivity index is 1.71. The Hall–Kier alpha value is -3.28. The van der Waals surface area contributed by atoms with Crippen LogP contribution < -0.4 is 14.8 Å². The van der Waals surface area contributed by atoms with Gasteiger partial charge in [-0.15, -0.1) is 0 Å². The average molecular weight is 420 g/mol. The molecule has 1 N–H and O–H groups in total. The van der Waals surface area contributed by atoms with Crippen molar-refractivity contribution in [2.75, 3.05) is 14.2 Å². The van der Waals surface area contributed by atoms with Crippen molar-refractivity contribution in [2.45, 2.75) is 38.6 Å². The van der Waals surface area contributed by atoms with E-state index in [9.17, 15) is 4.79 Å². The minimum absolute atomic E-state index is 0.140. The van der Waals surface area contributed by atoms with Crippen molar-refractivity contribution in [3.63, 3.8) is 0 Å². The van der Waals surface area contributed by atoms with Gasteiger partial charge in [-0.3, -0.25) is 4.79 Å². The van der Waals surface area contributed by atoms with Gasteiger partial charge < -0.3 is 14.8 Å². The molecule has 1 aliphatic rings. The first kappa shape index (κ1) is 21.0. The zero-order valence-electron chi connectivity index (χ0n) is 18.3. The van der Waals surface area contributed by atoms with Crippen LogP contribution in [0.5, 0.6) is 11.5 Å². The first-order chi connectivity index (χ1) is 15.1. The fourth-order valence-electron chi connectivity index (χ4n) is 4.13. The van der Waals surface area contributed by atoms with Gasteiger partial charge in [0.1, 0.15) is 0 Å². The van der Waals surface area contributed by atoms with Crippen molar-refractivity contribution in [1.82, 2.24) is 15.1 Å². The van der Waals surface area contributed by atoms with Crippen LogP contribution in [-0.4, -0.2) is 35.9 Å². The molecule has 1 amide bonds. The number of methoxy groups -OCH3 is 2. The number of nitrogens with zero attached hydrogens (tertiary/aromatic N) is 2. The van der Waals surface area contributed by atoms with Crippen molar-refractivity contribution in [2.24, 2.45) is 5.92 Å². The largest absolute Gasteiger partial charge is 0.493 e. The molecule has 1 aromatic heterocycles. The van der Waals surface area contributed by atoms with Crippen LogP contribution in [-0.2, 0) is 0 Å². The van der Waals surface area contributed by atoms with E-state index in [1.54, 1.807) is 18.9 Å². The third kappa shape index (κ3) is 4.58. The quantitative estimate of drug-likeness (QED) is 0.619. The maximum Gasteiger partial charge on any atom is 0.272 e. The Labute approximate surface area is 183 Å². The number of ether oxygens (including phenoxy) is 2. The average Bonchev–Trinajstić information content (AvgIpc) is 3.26. The van der Waals surface area contributed by atoms with Crippen molar-refractivity contribution < 1.29 is 14.3 Å². The van der Waals surface area contributed by atoms with Crippen molar-refractivity contribution in [3.05, 3.63) is 60.4 Å². The van der Waals surface area contributed by atoms with E-state index in [2.05, 4.69) is 17.3 Å². The number of nitrogens with one attached hydrogen (secondary N) is 1. The maximum atomic E-state index is 13.3. The Morgan fingerprint density at radius 3 is 2.39 bits per heavy atom. The first-order valence-electron chi connectivity index (χ1n) is 10.8. The standard InChI is InChI=1S/C25H29N3O3/c1-17-9-12-19(13-10-17)26-25(29)24-21(16-28(27-24)20-7-5-4-6-8-20)18-11-14-22(30-2)23(15-18)31-3/h4-8,11,14-17,19H,9-10,12-13H2,1-3H3,(H,26,29). The van der Waals surface area contributed by atoms with Gasteiger partial charge in [0.15, 0.2) is 17.2 Å². The molecular weight excluding hydrogens is 390 g/mol. The summed E-state index contributed by atoms with van der Waals surface area (Å²) < 4.78 is 12.6. The number of hydrogen-bond donors (Lipinski definition) is 1. The smallest absolute Gasteiger partial charge is 0.272 e. The van der Waals surface area contributed by atoms with Gasteiger partial charge in [-0.2, -0.15) is 5.10 Å². The van der Waals surface area contributed by atoms with Crippen LogP contribution in [0.4, 0.5) is 0 Å². The molecule has 0 radical (unpaired) electrons. The number of benzene rings is 2. The fraction of sp³-hybridized carbons (Fsp3) is 0.360. The van der Waals surface area contributed by atoms with Crippen LogP contribution in [0.2, 0.25) is 0 Å². The molecule has 4 rings (SSSR count). The van der Waals surface area contributed by atoms with E-state index in [4.69, 9.17) is 9.47 Å². The highest BCUT2D eigenvalue weighted by Crippen LogP contribution is 2.34. The molecule has 2 aromatic carbocycles. The Bertz CT molecular complexity index is 1040. The summed E-state index contributed by atoms with van der Waals surface area (Å²) in [5.74, 6) is 1.84. The SMILES string of the molecule is COc1ccc(-c2cn(-c3ccccc3)nc2C(=O)NC2CCC(C)CC2)cc1OC. The predicted octanol–water partition coefficient (Wildman–Crippen LogP) is 4.87. The molecule has 1 fully saturated rings. The molecule has 6 heteroatoms. The molecule has 0 bridgehead atoms. The van der Waals surface area contributed by atoms with Crippen molar-refractivity contribution >= 4 is 5.91 Å². The molecule has 162 valence electrons. The Kier molecular flexibility index (Phi) is 6.26. The summed E-state index contributed by atoms with van der Waals surface area (Å²) >= 11 is 0. The second-order valence-corrected chi connectivity index (χ2v) is 8.17. The third-order valence-corrected chi connectivity index (χ3v) is 6.00. The molecule has 3 aromatic rings. The monoisotopic (exact) mass is 419 g/mol. The lowest BCUT2D eigenvalue weighted by Crippen LogP contribution is -2.37. The van der Waals surface area contributed by atoms with Crippen molar-refractivity contribution in [1.29, 1.82) is 0 Å². The Morgan fingerprint density at radius 1 is 1.00 bits per heavy atom. The van der Waals surface area contributed by atoms with Crippen LogP contribution in [0, 0.1) is 5.92 Å². The zero-order valence-corrected chi connectivity index (χ0v) is 18.3. The number of aromatic nitrogens is 2. The number of rotatable bonds is 6. The lowest BCUT2D eigenvalue weighted by Gasteiger charge is -2.26.